The molecule has 0 aromatic heterocycles. The van der Waals surface area contributed by atoms with Gasteiger partial charge in [-0.05, 0) is 80.0 Å². The van der Waals surface area contributed by atoms with Crippen molar-refractivity contribution in [3.05, 3.63) is 117 Å². The van der Waals surface area contributed by atoms with Crippen LogP contribution in [0.15, 0.2) is 107 Å². The van der Waals surface area contributed by atoms with E-state index >= 15 is 0 Å². The van der Waals surface area contributed by atoms with Crippen LogP contribution >= 0.6 is 0 Å². The monoisotopic (exact) mass is 344 g/mol. The zero-order valence-corrected chi connectivity index (χ0v) is 15.2. The Hall–Kier alpha value is -3.12. The van der Waals surface area contributed by atoms with Crippen molar-refractivity contribution in [3.8, 4) is 0 Å². The largest absolute Gasteiger partial charge is 0.0801 e. The molecule has 2 aromatic carbocycles. The molecule has 0 N–H and O–H groups in total. The Labute approximate surface area is 159 Å². The van der Waals surface area contributed by atoms with E-state index in [4.69, 9.17) is 0 Å². The van der Waals surface area contributed by atoms with Gasteiger partial charge in [0.05, 0.1) is 0 Å². The minimum Gasteiger partial charge on any atom is -0.0801 e. The summed E-state index contributed by atoms with van der Waals surface area (Å²) in [6.45, 7) is 0. The molecule has 0 heteroatoms. The highest BCUT2D eigenvalue weighted by atomic mass is 14.3. The third kappa shape index (κ3) is 2.23. The lowest BCUT2D eigenvalue weighted by atomic mass is 9.78. The van der Waals surface area contributed by atoms with E-state index in [-0.39, 0.29) is 0 Å². The first kappa shape index (κ1) is 15.0. The van der Waals surface area contributed by atoms with E-state index < -0.39 is 0 Å². The van der Waals surface area contributed by atoms with Crippen LogP contribution in [0.4, 0.5) is 0 Å². The van der Waals surface area contributed by atoms with E-state index in [1.165, 1.54) is 54.6 Å². The first-order valence-corrected chi connectivity index (χ1v) is 9.79. The van der Waals surface area contributed by atoms with E-state index in [1.807, 2.05) is 0 Å². The summed E-state index contributed by atoms with van der Waals surface area (Å²) in [6.07, 6.45) is 21.8. The fraction of sp³-hybridized carbons (Fsp3) is 0.111. The Kier molecular flexibility index (Phi) is 3.16. The SMILES string of the molecule is C1=CCC2=CCC3=CC4=C(C=CC4)C=c4ccc5ccccc5c4=C3C2=C1. The number of rotatable bonds is 0. The maximum absolute atomic E-state index is 2.46. The van der Waals surface area contributed by atoms with Crippen LogP contribution < -0.4 is 10.4 Å². The minimum absolute atomic E-state index is 1.02. The zero-order valence-electron chi connectivity index (χ0n) is 15.2. The van der Waals surface area contributed by atoms with Gasteiger partial charge in [0.1, 0.15) is 0 Å². The predicted octanol–water partition coefficient (Wildman–Crippen LogP) is 5.18. The highest BCUT2D eigenvalue weighted by molar-refractivity contribution is 5.94. The standard InChI is InChI=1S/C27H20/c1-3-10-24-18(6-1)12-14-22-16-20-8-5-9-21(20)17-23-15-13-19-7-2-4-11-25(19)27(23)26(22)24/h1-6,8,10-14,16-17H,7,9,15H2. The van der Waals surface area contributed by atoms with Crippen molar-refractivity contribution < 1.29 is 0 Å². The van der Waals surface area contributed by atoms with Gasteiger partial charge in [-0.25, -0.2) is 0 Å². The van der Waals surface area contributed by atoms with Crippen LogP contribution in [0.5, 0.6) is 0 Å². The summed E-state index contributed by atoms with van der Waals surface area (Å²) in [5.74, 6) is 0. The van der Waals surface area contributed by atoms with Gasteiger partial charge >= 0.3 is 0 Å². The second-order valence-electron chi connectivity index (χ2n) is 7.67. The molecule has 6 rings (SSSR count). The van der Waals surface area contributed by atoms with Gasteiger partial charge in [-0.1, -0.05) is 78.9 Å². The summed E-state index contributed by atoms with van der Waals surface area (Å²) < 4.78 is 0. The van der Waals surface area contributed by atoms with Crippen LogP contribution in [-0.2, 0) is 0 Å². The fourth-order valence-corrected chi connectivity index (χ4v) is 4.83. The number of benzene rings is 2. The summed E-state index contributed by atoms with van der Waals surface area (Å²) in [6, 6.07) is 13.4. The molecule has 0 amide bonds. The molecule has 0 aliphatic heterocycles. The van der Waals surface area contributed by atoms with Crippen molar-refractivity contribution >= 4 is 22.4 Å². The second-order valence-corrected chi connectivity index (χ2v) is 7.67. The van der Waals surface area contributed by atoms with E-state index in [9.17, 15) is 0 Å². The maximum Gasteiger partial charge on any atom is -0.00236 e. The quantitative estimate of drug-likeness (QED) is 0.617. The number of allylic oxidation sites excluding steroid dienone is 12. The molecule has 4 aliphatic carbocycles. The lowest BCUT2D eigenvalue weighted by Crippen LogP contribution is -2.31. The summed E-state index contributed by atoms with van der Waals surface area (Å²) >= 11 is 0. The van der Waals surface area contributed by atoms with E-state index in [0.717, 1.165) is 19.3 Å². The molecule has 0 nitrogen and oxygen atoms in total. The number of fused-ring (bicyclic) bond motifs is 6. The van der Waals surface area contributed by atoms with Crippen molar-refractivity contribution in [2.24, 2.45) is 0 Å². The van der Waals surface area contributed by atoms with E-state index in [2.05, 4.69) is 85.0 Å². The molecule has 27 heavy (non-hydrogen) atoms. The lowest BCUT2D eigenvalue weighted by molar-refractivity contribution is 1.11. The van der Waals surface area contributed by atoms with Crippen LogP contribution in [0.1, 0.15) is 19.3 Å². The van der Waals surface area contributed by atoms with Crippen LogP contribution in [0.3, 0.4) is 0 Å². The number of hydrogen-bond acceptors (Lipinski definition) is 0. The van der Waals surface area contributed by atoms with Crippen molar-refractivity contribution in [1.82, 2.24) is 0 Å². The molecule has 0 spiro atoms. The summed E-state index contributed by atoms with van der Waals surface area (Å²) in [5, 5.41) is 5.41. The summed E-state index contributed by atoms with van der Waals surface area (Å²) in [5.41, 5.74) is 8.61. The third-order valence-electron chi connectivity index (χ3n) is 6.12. The number of hydrogen-bond donors (Lipinski definition) is 0. The predicted molar refractivity (Wildman–Crippen MR) is 114 cm³/mol. The van der Waals surface area contributed by atoms with Crippen LogP contribution in [-0.4, -0.2) is 0 Å². The van der Waals surface area contributed by atoms with Crippen molar-refractivity contribution in [2.45, 2.75) is 19.3 Å². The molecule has 0 radical (unpaired) electrons. The molecule has 0 saturated heterocycles. The highest BCUT2D eigenvalue weighted by Crippen LogP contribution is 2.39. The van der Waals surface area contributed by atoms with Crippen molar-refractivity contribution in [1.29, 1.82) is 0 Å². The highest BCUT2D eigenvalue weighted by Gasteiger charge is 2.23. The van der Waals surface area contributed by atoms with Gasteiger partial charge in [-0.2, -0.15) is 0 Å². The molecule has 0 unspecified atom stereocenters. The normalized spacial score (nSPS) is 19.9. The van der Waals surface area contributed by atoms with E-state index in [0.29, 0.717) is 0 Å². The summed E-state index contributed by atoms with van der Waals surface area (Å²) in [4.78, 5) is 0. The Morgan fingerprint density at radius 2 is 1.74 bits per heavy atom. The first-order valence-electron chi connectivity index (χ1n) is 9.79. The topological polar surface area (TPSA) is 0 Å². The van der Waals surface area contributed by atoms with Gasteiger partial charge in [0.15, 0.2) is 0 Å². The minimum atomic E-state index is 1.02. The van der Waals surface area contributed by atoms with Gasteiger partial charge in [0.25, 0.3) is 0 Å². The molecule has 128 valence electrons. The molecule has 0 bridgehead atoms. The van der Waals surface area contributed by atoms with Crippen molar-refractivity contribution in [2.75, 3.05) is 0 Å². The van der Waals surface area contributed by atoms with Gasteiger partial charge in [0.2, 0.25) is 0 Å². The van der Waals surface area contributed by atoms with Crippen LogP contribution in [0.25, 0.3) is 22.4 Å². The second kappa shape index (κ2) is 5.69. The molecular weight excluding hydrogens is 324 g/mol. The average molecular weight is 344 g/mol. The molecule has 2 aromatic rings. The molecular formula is C27H20. The van der Waals surface area contributed by atoms with Gasteiger partial charge in [-0.3, -0.25) is 0 Å². The summed E-state index contributed by atoms with van der Waals surface area (Å²) in [7, 11) is 0. The lowest BCUT2D eigenvalue weighted by Gasteiger charge is -2.26. The van der Waals surface area contributed by atoms with Crippen LogP contribution in [0, 0.1) is 0 Å². The Morgan fingerprint density at radius 3 is 2.74 bits per heavy atom. The average Bonchev–Trinajstić information content (AvgIpc) is 3.13. The molecule has 0 saturated carbocycles. The smallest absolute Gasteiger partial charge is 0.00236 e. The maximum atomic E-state index is 2.46. The molecule has 0 heterocycles. The van der Waals surface area contributed by atoms with Gasteiger partial charge in [0, 0.05) is 0 Å². The first-order chi connectivity index (χ1) is 13.4. The third-order valence-corrected chi connectivity index (χ3v) is 6.12. The Morgan fingerprint density at radius 1 is 0.778 bits per heavy atom. The molecule has 4 aliphatic rings. The fourth-order valence-electron chi connectivity index (χ4n) is 4.83. The van der Waals surface area contributed by atoms with Gasteiger partial charge < -0.3 is 0 Å². The Balaban J connectivity index is 1.87. The van der Waals surface area contributed by atoms with Crippen LogP contribution in [0.2, 0.25) is 0 Å². The molecule has 0 atom stereocenters. The Bertz CT molecular complexity index is 1310. The van der Waals surface area contributed by atoms with Crippen molar-refractivity contribution in [3.63, 3.8) is 0 Å². The zero-order chi connectivity index (χ0) is 17.8. The molecule has 0 fully saturated rings. The van der Waals surface area contributed by atoms with E-state index in [1.54, 1.807) is 0 Å². The van der Waals surface area contributed by atoms with Gasteiger partial charge in [-0.15, -0.1) is 0 Å².